The molecule has 0 aromatic heterocycles. The molecule has 2 atom stereocenters. The molecule has 1 saturated carbocycles. The zero-order valence-electron chi connectivity index (χ0n) is 14.2. The number of hydrogen-bond acceptors (Lipinski definition) is 2. The van der Waals surface area contributed by atoms with Crippen molar-refractivity contribution in [3.05, 3.63) is 47.2 Å². The highest BCUT2D eigenvalue weighted by atomic mass is 16.5. The van der Waals surface area contributed by atoms with Gasteiger partial charge in [0, 0.05) is 24.3 Å². The summed E-state index contributed by atoms with van der Waals surface area (Å²) in [7, 11) is 0. The third kappa shape index (κ3) is 2.34. The number of carbonyl (C=O) groups is 1. The van der Waals surface area contributed by atoms with E-state index in [0.29, 0.717) is 12.2 Å². The monoisotopic (exact) mass is 310 g/mol. The Labute approximate surface area is 138 Å². The highest BCUT2D eigenvalue weighted by Crippen LogP contribution is 2.57. The van der Waals surface area contributed by atoms with Crippen LogP contribution in [0.15, 0.2) is 41.7 Å². The number of ketones is 1. The predicted octanol–water partition coefficient (Wildman–Crippen LogP) is 5.14. The number of allylic oxidation sites excluding steroid dienone is 1. The minimum absolute atomic E-state index is 0.0252. The average molecular weight is 310 g/mol. The molecule has 2 aliphatic carbocycles. The fourth-order valence-corrected chi connectivity index (χ4v) is 4.92. The molecule has 4 rings (SSSR count). The summed E-state index contributed by atoms with van der Waals surface area (Å²) in [4.78, 5) is 12.9. The Kier molecular flexibility index (Phi) is 3.40. The normalized spacial score (nSPS) is 32.8. The van der Waals surface area contributed by atoms with Crippen molar-refractivity contribution in [2.45, 2.75) is 64.4 Å². The van der Waals surface area contributed by atoms with Gasteiger partial charge in [0.25, 0.3) is 0 Å². The van der Waals surface area contributed by atoms with Crippen molar-refractivity contribution < 1.29 is 9.53 Å². The van der Waals surface area contributed by atoms with Crippen molar-refractivity contribution in [3.63, 3.8) is 0 Å². The topological polar surface area (TPSA) is 26.3 Å². The van der Waals surface area contributed by atoms with Crippen LogP contribution in [0, 0.1) is 11.3 Å². The molecule has 0 spiro atoms. The van der Waals surface area contributed by atoms with Crippen LogP contribution in [0.1, 0.15) is 64.4 Å². The molecule has 0 bridgehead atoms. The molecule has 23 heavy (non-hydrogen) atoms. The average Bonchev–Trinajstić information content (AvgIpc) is 2.67. The van der Waals surface area contributed by atoms with Gasteiger partial charge in [0.2, 0.25) is 0 Å². The summed E-state index contributed by atoms with van der Waals surface area (Å²) in [5.74, 6) is 1.59. The molecule has 0 saturated heterocycles. The van der Waals surface area contributed by atoms with Gasteiger partial charge in [-0.1, -0.05) is 57.0 Å². The Bertz CT molecular complexity index is 656. The Morgan fingerprint density at radius 1 is 1.04 bits per heavy atom. The van der Waals surface area contributed by atoms with Gasteiger partial charge in [0.15, 0.2) is 5.78 Å². The number of ether oxygens (including phenoxy) is 1. The van der Waals surface area contributed by atoms with Crippen molar-refractivity contribution >= 4 is 5.78 Å². The first-order chi connectivity index (χ1) is 11.0. The molecule has 3 aliphatic rings. The van der Waals surface area contributed by atoms with Gasteiger partial charge in [0.05, 0.1) is 0 Å². The number of rotatable bonds is 1. The number of hydrogen-bond donors (Lipinski definition) is 0. The summed E-state index contributed by atoms with van der Waals surface area (Å²) in [5.41, 5.74) is 2.03. The lowest BCUT2D eigenvalue weighted by atomic mass is 9.69. The third-order valence-electron chi connectivity index (χ3n) is 5.90. The van der Waals surface area contributed by atoms with E-state index in [4.69, 9.17) is 4.74 Å². The molecule has 1 aliphatic heterocycles. The van der Waals surface area contributed by atoms with Crippen LogP contribution in [-0.4, -0.2) is 5.78 Å². The maximum Gasteiger partial charge on any atom is 0.163 e. The van der Waals surface area contributed by atoms with Gasteiger partial charge in [-0.2, -0.15) is 0 Å². The summed E-state index contributed by atoms with van der Waals surface area (Å²) >= 11 is 0. The Balaban J connectivity index is 1.82. The van der Waals surface area contributed by atoms with E-state index in [9.17, 15) is 4.79 Å². The second-order valence-electron chi connectivity index (χ2n) is 8.29. The van der Waals surface area contributed by atoms with Crippen molar-refractivity contribution in [1.29, 1.82) is 0 Å². The first kappa shape index (κ1) is 15.0. The molecule has 1 heterocycles. The predicted molar refractivity (Wildman–Crippen MR) is 90.8 cm³/mol. The van der Waals surface area contributed by atoms with E-state index in [0.717, 1.165) is 30.6 Å². The number of benzene rings is 1. The number of carbonyl (C=O) groups excluding carboxylic acids is 1. The quantitative estimate of drug-likeness (QED) is 0.718. The van der Waals surface area contributed by atoms with Gasteiger partial charge in [-0.3, -0.25) is 4.79 Å². The van der Waals surface area contributed by atoms with Gasteiger partial charge in [-0.05, 0) is 30.2 Å². The molecule has 1 fully saturated rings. The Hall–Kier alpha value is -1.57. The molecule has 0 radical (unpaired) electrons. The molecule has 2 heteroatoms. The minimum Gasteiger partial charge on any atom is -0.486 e. The largest absolute Gasteiger partial charge is 0.486 e. The summed E-state index contributed by atoms with van der Waals surface area (Å²) in [5, 5.41) is 0. The van der Waals surface area contributed by atoms with Gasteiger partial charge >= 0.3 is 0 Å². The lowest BCUT2D eigenvalue weighted by Gasteiger charge is -2.35. The fourth-order valence-electron chi connectivity index (χ4n) is 4.92. The van der Waals surface area contributed by atoms with Gasteiger partial charge in [-0.25, -0.2) is 0 Å². The van der Waals surface area contributed by atoms with Crippen LogP contribution in [0.5, 0.6) is 0 Å². The van der Waals surface area contributed by atoms with Crippen LogP contribution in [0.25, 0.3) is 0 Å². The Morgan fingerprint density at radius 2 is 1.83 bits per heavy atom. The van der Waals surface area contributed by atoms with Gasteiger partial charge < -0.3 is 4.74 Å². The van der Waals surface area contributed by atoms with Crippen LogP contribution in [0.4, 0.5) is 0 Å². The van der Waals surface area contributed by atoms with Crippen LogP contribution >= 0.6 is 0 Å². The summed E-state index contributed by atoms with van der Waals surface area (Å²) in [6, 6.07) is 10.6. The molecule has 1 aromatic rings. The van der Waals surface area contributed by atoms with E-state index in [2.05, 4.69) is 44.2 Å². The molecule has 0 unspecified atom stereocenters. The second-order valence-corrected chi connectivity index (χ2v) is 8.29. The highest BCUT2D eigenvalue weighted by Gasteiger charge is 2.55. The lowest BCUT2D eigenvalue weighted by Crippen LogP contribution is -2.34. The van der Waals surface area contributed by atoms with Crippen molar-refractivity contribution in [1.82, 2.24) is 0 Å². The SMILES string of the molecule is CC1(C)CC(=O)C2=C(C1)O[C@@]1(c3ccccc3)CCCCC[C@@H]21. The molecule has 0 amide bonds. The van der Waals surface area contributed by atoms with Gasteiger partial charge in [0.1, 0.15) is 11.4 Å². The van der Waals surface area contributed by atoms with Gasteiger partial charge in [-0.15, -0.1) is 0 Å². The molecular formula is C21H26O2. The zero-order chi connectivity index (χ0) is 16.1. The molecule has 1 aromatic carbocycles. The second kappa shape index (κ2) is 5.22. The van der Waals surface area contributed by atoms with Crippen molar-refractivity contribution in [2.75, 3.05) is 0 Å². The zero-order valence-corrected chi connectivity index (χ0v) is 14.2. The summed E-state index contributed by atoms with van der Waals surface area (Å²) in [6.45, 7) is 4.36. The van der Waals surface area contributed by atoms with Crippen LogP contribution in [0.3, 0.4) is 0 Å². The van der Waals surface area contributed by atoms with E-state index < -0.39 is 0 Å². The molecule has 122 valence electrons. The van der Waals surface area contributed by atoms with E-state index in [-0.39, 0.29) is 16.9 Å². The highest BCUT2D eigenvalue weighted by molar-refractivity contribution is 5.98. The van der Waals surface area contributed by atoms with Crippen molar-refractivity contribution in [2.24, 2.45) is 11.3 Å². The van der Waals surface area contributed by atoms with E-state index in [1.165, 1.54) is 24.8 Å². The van der Waals surface area contributed by atoms with E-state index >= 15 is 0 Å². The first-order valence-corrected chi connectivity index (χ1v) is 9.03. The van der Waals surface area contributed by atoms with Crippen LogP contribution in [0.2, 0.25) is 0 Å². The minimum atomic E-state index is -0.293. The number of Topliss-reactive ketones (excluding diaryl/α,β-unsaturated/α-hetero) is 1. The maximum absolute atomic E-state index is 12.9. The van der Waals surface area contributed by atoms with E-state index in [1.807, 2.05) is 0 Å². The molecule has 0 N–H and O–H groups in total. The van der Waals surface area contributed by atoms with Crippen LogP contribution < -0.4 is 0 Å². The third-order valence-corrected chi connectivity index (χ3v) is 5.90. The van der Waals surface area contributed by atoms with E-state index in [1.54, 1.807) is 0 Å². The smallest absolute Gasteiger partial charge is 0.163 e. The maximum atomic E-state index is 12.9. The lowest BCUT2D eigenvalue weighted by molar-refractivity contribution is -0.118. The fraction of sp³-hybridized carbons (Fsp3) is 0.571. The first-order valence-electron chi connectivity index (χ1n) is 9.03. The van der Waals surface area contributed by atoms with Crippen molar-refractivity contribution in [3.8, 4) is 0 Å². The summed E-state index contributed by atoms with van der Waals surface area (Å²) < 4.78 is 6.69. The molecule has 2 nitrogen and oxygen atoms in total. The standard InChI is InChI=1S/C21H26O2/c1-20(2)13-17(22)19-16-11-7-4-8-12-21(16,23-18(19)14-20)15-9-5-3-6-10-15/h3,5-6,9-10,16H,4,7-8,11-14H2,1-2H3/t16-,21+/m0/s1. The number of fused-ring (bicyclic) bond motifs is 2. The Morgan fingerprint density at radius 3 is 2.61 bits per heavy atom. The summed E-state index contributed by atoms with van der Waals surface area (Å²) in [6.07, 6.45) is 7.31. The van der Waals surface area contributed by atoms with Crippen LogP contribution in [-0.2, 0) is 15.1 Å². The molecular weight excluding hydrogens is 284 g/mol.